The number of halogens is 1. The number of fused-ring (bicyclic) bond motifs is 6. The number of methoxy groups -OCH3 is 1. The molecule has 174 valence electrons. The van der Waals surface area contributed by atoms with Crippen molar-refractivity contribution < 1.29 is 23.5 Å². The number of nitrogens with one attached hydrogen (secondary N) is 1. The van der Waals surface area contributed by atoms with E-state index in [-0.39, 0.29) is 13.4 Å². The summed E-state index contributed by atoms with van der Waals surface area (Å²) in [7, 11) is 1.65. The Morgan fingerprint density at radius 2 is 1.97 bits per heavy atom. The zero-order chi connectivity index (χ0) is 23.5. The van der Waals surface area contributed by atoms with Crippen LogP contribution >= 0.6 is 11.6 Å². The summed E-state index contributed by atoms with van der Waals surface area (Å²) in [5.41, 5.74) is 5.31. The van der Waals surface area contributed by atoms with E-state index >= 15 is 0 Å². The van der Waals surface area contributed by atoms with Gasteiger partial charge < -0.3 is 23.9 Å². The lowest BCUT2D eigenvalue weighted by Crippen LogP contribution is -2.40. The van der Waals surface area contributed by atoms with Gasteiger partial charge in [0.2, 0.25) is 12.5 Å². The highest BCUT2D eigenvalue weighted by Crippen LogP contribution is 2.41. The Hall–Kier alpha value is -3.97. The van der Waals surface area contributed by atoms with Gasteiger partial charge in [0.05, 0.1) is 29.1 Å². The van der Waals surface area contributed by atoms with Gasteiger partial charge in [0.1, 0.15) is 12.4 Å². The molecule has 0 radical (unpaired) electrons. The first-order valence-corrected chi connectivity index (χ1v) is 11.8. The highest BCUT2D eigenvalue weighted by Gasteiger charge is 2.28. The molecule has 0 saturated carbocycles. The first kappa shape index (κ1) is 20.4. The van der Waals surface area contributed by atoms with Gasteiger partial charge in [-0.1, -0.05) is 11.6 Å². The van der Waals surface area contributed by atoms with E-state index < -0.39 is 0 Å². The van der Waals surface area contributed by atoms with Crippen LogP contribution in [0.5, 0.6) is 23.0 Å². The van der Waals surface area contributed by atoms with Crippen LogP contribution in [0, 0.1) is 0 Å². The highest BCUT2D eigenvalue weighted by atomic mass is 35.5. The Bertz CT molecular complexity index is 1650. The molecule has 0 saturated heterocycles. The van der Waals surface area contributed by atoms with Crippen LogP contribution in [-0.4, -0.2) is 23.9 Å². The minimum Gasteiger partial charge on any atom is -0.493 e. The summed E-state index contributed by atoms with van der Waals surface area (Å²) in [6.07, 6.45) is 3.06. The maximum Gasteiger partial charge on any atom is 0.231 e. The van der Waals surface area contributed by atoms with Crippen LogP contribution in [0.1, 0.15) is 11.4 Å². The second-order valence-electron chi connectivity index (χ2n) is 8.70. The third-order valence-corrected chi connectivity index (χ3v) is 6.88. The van der Waals surface area contributed by atoms with Crippen LogP contribution in [0.15, 0.2) is 54.7 Å². The van der Waals surface area contributed by atoms with Crippen molar-refractivity contribution in [2.75, 3.05) is 13.9 Å². The summed E-state index contributed by atoms with van der Waals surface area (Å²) in [5.74, 6) is 3.71. The van der Waals surface area contributed by atoms with Crippen LogP contribution < -0.4 is 23.5 Å². The monoisotopic (exact) mass is 486 g/mol. The molecule has 8 heteroatoms. The van der Waals surface area contributed by atoms with Crippen molar-refractivity contribution in [3.8, 4) is 34.3 Å². The van der Waals surface area contributed by atoms with Gasteiger partial charge in [0.15, 0.2) is 35.7 Å². The summed E-state index contributed by atoms with van der Waals surface area (Å²) >= 11 is 6.11. The predicted molar refractivity (Wildman–Crippen MR) is 131 cm³/mol. The van der Waals surface area contributed by atoms with Crippen molar-refractivity contribution in [2.24, 2.45) is 0 Å². The van der Waals surface area contributed by atoms with Crippen LogP contribution in [0.25, 0.3) is 33.1 Å². The van der Waals surface area contributed by atoms with Gasteiger partial charge >= 0.3 is 0 Å². The molecule has 2 aromatic heterocycles. The van der Waals surface area contributed by atoms with Gasteiger partial charge in [-0.3, -0.25) is 0 Å². The molecule has 4 heterocycles. The Kier molecular flexibility index (Phi) is 4.54. The maximum atomic E-state index is 6.31. The van der Waals surface area contributed by atoms with Gasteiger partial charge in [-0.15, -0.1) is 0 Å². The molecule has 0 spiro atoms. The molecule has 35 heavy (non-hydrogen) atoms. The Labute approximate surface area is 205 Å². The lowest BCUT2D eigenvalue weighted by Gasteiger charge is -2.17. The van der Waals surface area contributed by atoms with E-state index in [1.807, 2.05) is 24.3 Å². The van der Waals surface area contributed by atoms with Crippen LogP contribution in [0.4, 0.5) is 0 Å². The molecule has 0 amide bonds. The van der Waals surface area contributed by atoms with Crippen molar-refractivity contribution in [1.29, 1.82) is 0 Å². The summed E-state index contributed by atoms with van der Waals surface area (Å²) in [4.78, 5) is 7.91. The molecule has 7 rings (SSSR count). The fourth-order valence-electron chi connectivity index (χ4n) is 4.95. The number of pyridine rings is 1. The largest absolute Gasteiger partial charge is 0.493 e. The first-order chi connectivity index (χ1) is 17.2. The van der Waals surface area contributed by atoms with Crippen molar-refractivity contribution in [3.05, 3.63) is 71.1 Å². The molecule has 2 aliphatic heterocycles. The van der Waals surface area contributed by atoms with Gasteiger partial charge in [0, 0.05) is 17.5 Å². The Balaban J connectivity index is 1.29. The minimum atomic E-state index is 0.273. The summed E-state index contributed by atoms with van der Waals surface area (Å²) < 4.78 is 25.4. The van der Waals surface area contributed by atoms with E-state index in [2.05, 4.69) is 45.0 Å². The molecule has 0 aliphatic carbocycles. The van der Waals surface area contributed by atoms with Crippen molar-refractivity contribution >= 4 is 33.4 Å². The van der Waals surface area contributed by atoms with E-state index in [1.165, 1.54) is 11.1 Å². The molecule has 7 nitrogen and oxygen atoms in total. The smallest absolute Gasteiger partial charge is 0.231 e. The lowest BCUT2D eigenvalue weighted by atomic mass is 9.95. The summed E-state index contributed by atoms with van der Waals surface area (Å²) in [6, 6.07) is 16.0. The zero-order valence-electron chi connectivity index (χ0n) is 18.9. The van der Waals surface area contributed by atoms with E-state index in [0.29, 0.717) is 16.5 Å². The number of aromatic amines is 1. The average molecular weight is 487 g/mol. The summed E-state index contributed by atoms with van der Waals surface area (Å²) in [6.45, 7) is 1.41. The Morgan fingerprint density at radius 1 is 1.09 bits per heavy atom. The average Bonchev–Trinajstić information content (AvgIpc) is 3.50. The quantitative estimate of drug-likeness (QED) is 0.354. The number of benzene rings is 3. The van der Waals surface area contributed by atoms with Crippen LogP contribution in [0.3, 0.4) is 0 Å². The molecule has 0 bridgehead atoms. The third-order valence-electron chi connectivity index (χ3n) is 6.64. The number of aryl methyl sites for hydroxylation is 2. The number of hydrogen-bond acceptors (Lipinski definition) is 5. The van der Waals surface area contributed by atoms with E-state index in [9.17, 15) is 0 Å². The highest BCUT2D eigenvalue weighted by molar-refractivity contribution is 6.31. The maximum absolute atomic E-state index is 6.31. The zero-order valence-corrected chi connectivity index (χ0v) is 19.7. The van der Waals surface area contributed by atoms with E-state index in [4.69, 9.17) is 30.5 Å². The molecule has 1 N–H and O–H groups in total. The van der Waals surface area contributed by atoms with Gasteiger partial charge in [-0.2, -0.15) is 4.57 Å². The number of imidazole rings is 1. The van der Waals surface area contributed by atoms with Crippen molar-refractivity contribution in [3.63, 3.8) is 0 Å². The first-order valence-electron chi connectivity index (χ1n) is 11.4. The fraction of sp³-hybridized carbons (Fsp3) is 0.185. The molecule has 2 aliphatic rings. The second kappa shape index (κ2) is 7.78. The Morgan fingerprint density at radius 3 is 2.86 bits per heavy atom. The summed E-state index contributed by atoms with van der Waals surface area (Å²) in [5, 5.41) is 2.71. The van der Waals surface area contributed by atoms with Crippen molar-refractivity contribution in [1.82, 2.24) is 9.97 Å². The van der Waals surface area contributed by atoms with Crippen molar-refractivity contribution in [2.45, 2.75) is 19.6 Å². The van der Waals surface area contributed by atoms with E-state index in [1.54, 1.807) is 7.11 Å². The standard InChI is InChI=1S/C27H21ClN3O4/c1-32-23-5-2-15-8-22-18-11-25-24(34-14-35-25)9-16(18)6-7-31(22)12-19(15)27(23)33-13-26-29-20-4-3-17(28)10-21(20)30-26/h2-5,8-12H,6-7,13-14H2,1H3,(H,29,30)/q+1. The number of rotatable bonds is 4. The fourth-order valence-corrected chi connectivity index (χ4v) is 5.12. The minimum absolute atomic E-state index is 0.273. The normalized spacial score (nSPS) is 13.7. The van der Waals surface area contributed by atoms with Crippen LogP contribution in [0.2, 0.25) is 5.02 Å². The van der Waals surface area contributed by atoms with Gasteiger partial charge in [-0.05, 0) is 53.4 Å². The number of H-pyrrole nitrogens is 1. The molecular weight excluding hydrogens is 466 g/mol. The predicted octanol–water partition coefficient (Wildman–Crippen LogP) is 5.20. The molecule has 3 aromatic carbocycles. The molecule has 0 atom stereocenters. The molecule has 0 unspecified atom stereocenters. The second-order valence-corrected chi connectivity index (χ2v) is 9.13. The molecule has 0 fully saturated rings. The SMILES string of the molecule is COc1ccc2cc3[n+](cc2c1OCc1nc2ccc(Cl)cc2[nH]1)CCc1cc2c(cc1-3)OCO2. The van der Waals surface area contributed by atoms with Gasteiger partial charge in [-0.25, -0.2) is 4.98 Å². The number of nitrogens with zero attached hydrogens (tertiary/aromatic N) is 2. The van der Waals surface area contributed by atoms with E-state index in [0.717, 1.165) is 57.8 Å². The topological polar surface area (TPSA) is 69.5 Å². The molecular formula is C27H21ClN3O4+. The number of aromatic nitrogens is 3. The third kappa shape index (κ3) is 3.34. The molecule has 5 aromatic rings. The number of ether oxygens (including phenoxy) is 4. The van der Waals surface area contributed by atoms with Crippen LogP contribution in [-0.2, 0) is 19.6 Å². The van der Waals surface area contributed by atoms with Gasteiger partial charge in [0.25, 0.3) is 0 Å². The number of hydrogen-bond donors (Lipinski definition) is 1. The lowest BCUT2D eigenvalue weighted by molar-refractivity contribution is -0.686.